The second-order valence-corrected chi connectivity index (χ2v) is 6.00. The number of halogens is 2. The van der Waals surface area contributed by atoms with Crippen LogP contribution in [0, 0.1) is 0 Å². The summed E-state index contributed by atoms with van der Waals surface area (Å²) in [5.74, 6) is -0.931. The summed E-state index contributed by atoms with van der Waals surface area (Å²) >= 11 is 9.58. The Bertz CT molecular complexity index is 660. The average molecular weight is 369 g/mol. The Morgan fingerprint density at radius 3 is 2.67 bits per heavy atom. The number of aromatic carboxylic acids is 1. The Morgan fingerprint density at radius 1 is 1.33 bits per heavy atom. The van der Waals surface area contributed by atoms with E-state index in [1.54, 1.807) is 18.2 Å². The third kappa shape index (κ3) is 4.06. The lowest BCUT2D eigenvalue weighted by Gasteiger charge is -2.16. The van der Waals surface area contributed by atoms with Gasteiger partial charge in [0.2, 0.25) is 0 Å². The first-order valence-electron chi connectivity index (χ1n) is 6.48. The van der Waals surface area contributed by atoms with Crippen LogP contribution in [0.2, 0.25) is 5.02 Å². The molecule has 0 spiro atoms. The summed E-state index contributed by atoms with van der Waals surface area (Å²) in [6.45, 7) is 2.66. The topological polar surface area (TPSA) is 49.3 Å². The molecule has 0 heterocycles. The van der Waals surface area contributed by atoms with Crippen molar-refractivity contribution in [1.29, 1.82) is 0 Å². The van der Waals surface area contributed by atoms with E-state index in [-0.39, 0.29) is 11.6 Å². The number of carbonyl (C=O) groups is 1. The van der Waals surface area contributed by atoms with Gasteiger partial charge in [0, 0.05) is 22.1 Å². The molecule has 2 N–H and O–H groups in total. The largest absolute Gasteiger partial charge is 0.478 e. The normalized spacial score (nSPS) is 12.1. The van der Waals surface area contributed by atoms with Crippen LogP contribution in [-0.2, 0) is 6.54 Å². The molecule has 1 atom stereocenters. The molecule has 3 nitrogen and oxygen atoms in total. The van der Waals surface area contributed by atoms with Crippen LogP contribution in [0.25, 0.3) is 0 Å². The second kappa shape index (κ2) is 7.07. The lowest BCUT2D eigenvalue weighted by atomic mass is 10.1. The molecule has 0 aliphatic heterocycles. The van der Waals surface area contributed by atoms with Gasteiger partial charge < -0.3 is 10.4 Å². The van der Waals surface area contributed by atoms with E-state index in [4.69, 9.17) is 16.7 Å². The molecular weight excluding hydrogens is 354 g/mol. The van der Waals surface area contributed by atoms with Crippen molar-refractivity contribution < 1.29 is 9.90 Å². The summed E-state index contributed by atoms with van der Waals surface area (Å²) in [6, 6.07) is 12.8. The molecule has 0 aromatic heterocycles. The SMILES string of the molecule is C[C@H](NCc1ccc(C(=O)O)cc1Br)c1ccccc1Cl. The fourth-order valence-electron chi connectivity index (χ4n) is 2.02. The molecule has 0 saturated carbocycles. The lowest BCUT2D eigenvalue weighted by Crippen LogP contribution is -2.18. The predicted molar refractivity (Wildman–Crippen MR) is 87.8 cm³/mol. The first kappa shape index (κ1) is 16.0. The third-order valence-corrected chi connectivity index (χ3v) is 4.35. The van der Waals surface area contributed by atoms with Crippen molar-refractivity contribution in [3.05, 3.63) is 68.7 Å². The minimum Gasteiger partial charge on any atom is -0.478 e. The lowest BCUT2D eigenvalue weighted by molar-refractivity contribution is 0.0697. The first-order valence-corrected chi connectivity index (χ1v) is 7.65. The van der Waals surface area contributed by atoms with E-state index in [2.05, 4.69) is 21.2 Å². The van der Waals surface area contributed by atoms with Gasteiger partial charge in [-0.15, -0.1) is 0 Å². The Morgan fingerprint density at radius 2 is 2.05 bits per heavy atom. The zero-order valence-electron chi connectivity index (χ0n) is 11.4. The van der Waals surface area contributed by atoms with E-state index < -0.39 is 5.97 Å². The van der Waals surface area contributed by atoms with Crippen LogP contribution in [0.5, 0.6) is 0 Å². The molecule has 2 rings (SSSR count). The van der Waals surface area contributed by atoms with Crippen molar-refractivity contribution in [3.8, 4) is 0 Å². The smallest absolute Gasteiger partial charge is 0.335 e. The van der Waals surface area contributed by atoms with Gasteiger partial charge in [-0.05, 0) is 36.2 Å². The summed E-state index contributed by atoms with van der Waals surface area (Å²) in [7, 11) is 0. The van der Waals surface area contributed by atoms with Crippen molar-refractivity contribution in [2.75, 3.05) is 0 Å². The second-order valence-electron chi connectivity index (χ2n) is 4.74. The maximum atomic E-state index is 10.9. The predicted octanol–water partition coefficient (Wildman–Crippen LogP) is 4.65. The minimum absolute atomic E-state index is 0.102. The number of hydrogen-bond acceptors (Lipinski definition) is 2. The van der Waals surface area contributed by atoms with Crippen LogP contribution in [0.1, 0.15) is 34.5 Å². The minimum atomic E-state index is -0.931. The molecule has 0 amide bonds. The van der Waals surface area contributed by atoms with Gasteiger partial charge in [-0.3, -0.25) is 0 Å². The summed E-state index contributed by atoms with van der Waals surface area (Å²) in [5, 5.41) is 13.1. The van der Waals surface area contributed by atoms with Crippen molar-refractivity contribution >= 4 is 33.5 Å². The number of rotatable bonds is 5. The van der Waals surface area contributed by atoms with E-state index in [0.29, 0.717) is 6.54 Å². The fourth-order valence-corrected chi connectivity index (χ4v) is 2.84. The number of carboxylic acid groups (broad SMARTS) is 1. The highest BCUT2D eigenvalue weighted by molar-refractivity contribution is 9.10. The van der Waals surface area contributed by atoms with Crippen molar-refractivity contribution in [2.45, 2.75) is 19.5 Å². The quantitative estimate of drug-likeness (QED) is 0.807. The molecule has 0 radical (unpaired) electrons. The molecule has 0 aliphatic carbocycles. The molecule has 5 heteroatoms. The van der Waals surface area contributed by atoms with Gasteiger partial charge in [0.15, 0.2) is 0 Å². The van der Waals surface area contributed by atoms with Crippen molar-refractivity contribution in [1.82, 2.24) is 5.32 Å². The molecule has 0 saturated heterocycles. The van der Waals surface area contributed by atoms with Gasteiger partial charge in [0.05, 0.1) is 5.56 Å². The highest BCUT2D eigenvalue weighted by Gasteiger charge is 2.10. The number of carboxylic acids is 1. The number of hydrogen-bond donors (Lipinski definition) is 2. The van der Waals surface area contributed by atoms with E-state index in [1.165, 1.54) is 0 Å². The van der Waals surface area contributed by atoms with Crippen LogP contribution in [0.4, 0.5) is 0 Å². The zero-order valence-corrected chi connectivity index (χ0v) is 13.8. The molecule has 2 aromatic carbocycles. The van der Waals surface area contributed by atoms with Gasteiger partial charge >= 0.3 is 5.97 Å². The van der Waals surface area contributed by atoms with E-state index in [1.807, 2.05) is 31.2 Å². The molecule has 2 aromatic rings. The van der Waals surface area contributed by atoms with Crippen LogP contribution in [0.3, 0.4) is 0 Å². The molecule has 0 unspecified atom stereocenters. The zero-order chi connectivity index (χ0) is 15.4. The Labute approximate surface area is 137 Å². The third-order valence-electron chi connectivity index (χ3n) is 3.27. The van der Waals surface area contributed by atoms with Crippen LogP contribution >= 0.6 is 27.5 Å². The molecule has 21 heavy (non-hydrogen) atoms. The molecular formula is C16H15BrClNO2. The Balaban J connectivity index is 2.06. The number of nitrogens with one attached hydrogen (secondary N) is 1. The summed E-state index contributed by atoms with van der Waals surface area (Å²) < 4.78 is 0.779. The van der Waals surface area contributed by atoms with Gasteiger partial charge in [-0.25, -0.2) is 4.79 Å². The maximum absolute atomic E-state index is 10.9. The highest BCUT2D eigenvalue weighted by Crippen LogP contribution is 2.24. The molecule has 0 bridgehead atoms. The fraction of sp³-hybridized carbons (Fsp3) is 0.188. The van der Waals surface area contributed by atoms with E-state index >= 15 is 0 Å². The first-order chi connectivity index (χ1) is 9.99. The number of benzene rings is 2. The van der Waals surface area contributed by atoms with Crippen LogP contribution < -0.4 is 5.32 Å². The van der Waals surface area contributed by atoms with Crippen molar-refractivity contribution in [2.24, 2.45) is 0 Å². The Kier molecular flexibility index (Phi) is 5.39. The van der Waals surface area contributed by atoms with Gasteiger partial charge in [0.1, 0.15) is 0 Å². The van der Waals surface area contributed by atoms with Crippen molar-refractivity contribution in [3.63, 3.8) is 0 Å². The Hall–Kier alpha value is -1.36. The summed E-state index contributed by atoms with van der Waals surface area (Å²) in [6.07, 6.45) is 0. The van der Waals surface area contributed by atoms with Gasteiger partial charge in [0.25, 0.3) is 0 Å². The highest BCUT2D eigenvalue weighted by atomic mass is 79.9. The van der Waals surface area contributed by atoms with Gasteiger partial charge in [-0.1, -0.05) is 51.8 Å². The standard InChI is InChI=1S/C16H15BrClNO2/c1-10(13-4-2-3-5-15(13)18)19-9-12-7-6-11(16(20)21)8-14(12)17/h2-8,10,19H,9H2,1H3,(H,20,21)/t10-/m0/s1. The molecule has 110 valence electrons. The van der Waals surface area contributed by atoms with Crippen LogP contribution in [0.15, 0.2) is 46.9 Å². The molecule has 0 fully saturated rings. The van der Waals surface area contributed by atoms with Crippen LogP contribution in [-0.4, -0.2) is 11.1 Å². The monoisotopic (exact) mass is 367 g/mol. The van der Waals surface area contributed by atoms with E-state index in [9.17, 15) is 4.79 Å². The summed E-state index contributed by atoms with van der Waals surface area (Å²) in [4.78, 5) is 10.9. The van der Waals surface area contributed by atoms with E-state index in [0.717, 1.165) is 20.6 Å². The average Bonchev–Trinajstić information content (AvgIpc) is 2.46. The maximum Gasteiger partial charge on any atom is 0.335 e. The van der Waals surface area contributed by atoms with Gasteiger partial charge in [-0.2, -0.15) is 0 Å². The molecule has 0 aliphatic rings. The summed E-state index contributed by atoms with van der Waals surface area (Å²) in [5.41, 5.74) is 2.31.